The second-order valence-electron chi connectivity index (χ2n) is 5.61. The van der Waals surface area contributed by atoms with Crippen molar-refractivity contribution in [1.82, 2.24) is 5.32 Å². The molecular weight excluding hydrogens is 293 g/mol. The monoisotopic (exact) mass is 313 g/mol. The average Bonchev–Trinajstić information content (AvgIpc) is 3.17. The Balaban J connectivity index is 2.01. The zero-order chi connectivity index (χ0) is 15.5. The van der Waals surface area contributed by atoms with Gasteiger partial charge in [0, 0.05) is 23.6 Å². The fourth-order valence-electron chi connectivity index (χ4n) is 2.41. The number of benzene rings is 1. The number of ether oxygens (including phenoxy) is 1. The minimum Gasteiger partial charge on any atom is -0.383 e. The predicted molar refractivity (Wildman–Crippen MR) is 83.3 cm³/mol. The lowest BCUT2D eigenvalue weighted by Crippen LogP contribution is -2.41. The van der Waals surface area contributed by atoms with Crippen LogP contribution in [0.15, 0.2) is 23.2 Å². The van der Waals surface area contributed by atoms with E-state index in [4.69, 9.17) is 22.1 Å². The molecule has 0 amide bonds. The van der Waals surface area contributed by atoms with Crippen molar-refractivity contribution < 1.29 is 9.13 Å². The van der Waals surface area contributed by atoms with Crippen molar-refractivity contribution in [2.45, 2.75) is 31.2 Å². The lowest BCUT2D eigenvalue weighted by atomic mass is 9.96. The number of aliphatic imine (C=N–C) groups is 1. The molecule has 0 aromatic heterocycles. The van der Waals surface area contributed by atoms with Crippen LogP contribution in [-0.4, -0.2) is 32.3 Å². The summed E-state index contributed by atoms with van der Waals surface area (Å²) in [4.78, 5) is 4.40. The van der Waals surface area contributed by atoms with Crippen molar-refractivity contribution in [2.24, 2.45) is 10.7 Å². The van der Waals surface area contributed by atoms with Gasteiger partial charge in [0.2, 0.25) is 0 Å². The minimum atomic E-state index is -0.322. The first kappa shape index (κ1) is 16.0. The SMILES string of the molecule is COCC(C)NC(N)=NCC1(c2ccc(F)cc2Cl)CC1. The van der Waals surface area contributed by atoms with Gasteiger partial charge < -0.3 is 15.8 Å². The zero-order valence-electron chi connectivity index (χ0n) is 12.3. The van der Waals surface area contributed by atoms with Crippen molar-refractivity contribution in [2.75, 3.05) is 20.3 Å². The summed E-state index contributed by atoms with van der Waals surface area (Å²) in [5, 5.41) is 3.53. The Hall–Kier alpha value is -1.33. The smallest absolute Gasteiger partial charge is 0.188 e. The fraction of sp³-hybridized carbons (Fsp3) is 0.533. The van der Waals surface area contributed by atoms with Gasteiger partial charge in [0.1, 0.15) is 5.82 Å². The van der Waals surface area contributed by atoms with Crippen LogP contribution >= 0.6 is 11.6 Å². The maximum absolute atomic E-state index is 13.1. The van der Waals surface area contributed by atoms with Crippen molar-refractivity contribution in [3.63, 3.8) is 0 Å². The zero-order valence-corrected chi connectivity index (χ0v) is 13.1. The van der Waals surface area contributed by atoms with Crippen molar-refractivity contribution in [3.8, 4) is 0 Å². The van der Waals surface area contributed by atoms with E-state index >= 15 is 0 Å². The Morgan fingerprint density at radius 2 is 2.29 bits per heavy atom. The second-order valence-corrected chi connectivity index (χ2v) is 6.01. The molecule has 1 fully saturated rings. The maximum Gasteiger partial charge on any atom is 0.188 e. The number of nitrogens with one attached hydrogen (secondary N) is 1. The van der Waals surface area contributed by atoms with Gasteiger partial charge >= 0.3 is 0 Å². The summed E-state index contributed by atoms with van der Waals surface area (Å²) >= 11 is 6.14. The molecule has 0 radical (unpaired) electrons. The predicted octanol–water partition coefficient (Wildman–Crippen LogP) is 2.45. The van der Waals surface area contributed by atoms with Gasteiger partial charge in [-0.2, -0.15) is 0 Å². The summed E-state index contributed by atoms with van der Waals surface area (Å²) in [5.74, 6) is 0.0710. The molecule has 0 saturated heterocycles. The molecule has 116 valence electrons. The first-order valence-corrected chi connectivity index (χ1v) is 7.35. The van der Waals surface area contributed by atoms with E-state index in [2.05, 4.69) is 10.3 Å². The third kappa shape index (κ3) is 4.08. The molecule has 0 spiro atoms. The van der Waals surface area contributed by atoms with E-state index in [0.717, 1.165) is 18.4 Å². The number of hydrogen-bond donors (Lipinski definition) is 2. The van der Waals surface area contributed by atoms with Gasteiger partial charge in [-0.05, 0) is 37.5 Å². The van der Waals surface area contributed by atoms with Crippen LogP contribution in [0.2, 0.25) is 5.02 Å². The Labute approximate surface area is 129 Å². The highest BCUT2D eigenvalue weighted by Crippen LogP contribution is 2.50. The number of guanidine groups is 1. The average molecular weight is 314 g/mol. The number of rotatable bonds is 6. The molecule has 21 heavy (non-hydrogen) atoms. The van der Waals surface area contributed by atoms with Gasteiger partial charge in [-0.3, -0.25) is 4.99 Å². The molecule has 1 unspecified atom stereocenters. The highest BCUT2D eigenvalue weighted by atomic mass is 35.5. The number of nitrogens with zero attached hydrogens (tertiary/aromatic N) is 1. The molecule has 1 aliphatic rings. The van der Waals surface area contributed by atoms with Crippen molar-refractivity contribution >= 4 is 17.6 Å². The Bertz CT molecular complexity index is 532. The van der Waals surface area contributed by atoms with E-state index in [9.17, 15) is 4.39 Å². The van der Waals surface area contributed by atoms with Gasteiger partial charge in [-0.25, -0.2) is 4.39 Å². The number of methoxy groups -OCH3 is 1. The topological polar surface area (TPSA) is 59.6 Å². The second kappa shape index (κ2) is 6.62. The largest absolute Gasteiger partial charge is 0.383 e. The van der Waals surface area contributed by atoms with Crippen LogP contribution in [0.25, 0.3) is 0 Å². The van der Waals surface area contributed by atoms with Crippen LogP contribution in [0, 0.1) is 5.82 Å². The van der Waals surface area contributed by atoms with Crippen LogP contribution in [0.3, 0.4) is 0 Å². The van der Waals surface area contributed by atoms with Gasteiger partial charge in [0.15, 0.2) is 5.96 Å². The molecule has 4 nitrogen and oxygen atoms in total. The molecule has 1 saturated carbocycles. The first-order valence-electron chi connectivity index (χ1n) is 6.98. The van der Waals surface area contributed by atoms with Crippen LogP contribution in [-0.2, 0) is 10.2 Å². The number of hydrogen-bond acceptors (Lipinski definition) is 2. The van der Waals surface area contributed by atoms with Crippen LogP contribution in [0.1, 0.15) is 25.3 Å². The Morgan fingerprint density at radius 3 is 2.86 bits per heavy atom. The van der Waals surface area contributed by atoms with E-state index in [-0.39, 0.29) is 17.3 Å². The van der Waals surface area contributed by atoms with Gasteiger partial charge in [-0.15, -0.1) is 0 Å². The summed E-state index contributed by atoms with van der Waals surface area (Å²) in [6.45, 7) is 3.08. The van der Waals surface area contributed by atoms with Gasteiger partial charge in [0.05, 0.1) is 13.2 Å². The highest BCUT2D eigenvalue weighted by Gasteiger charge is 2.45. The number of halogens is 2. The molecule has 0 heterocycles. The lowest BCUT2D eigenvalue weighted by molar-refractivity contribution is 0.179. The first-order chi connectivity index (χ1) is 9.97. The Kier molecular flexibility index (Phi) is 5.06. The van der Waals surface area contributed by atoms with Crippen molar-refractivity contribution in [3.05, 3.63) is 34.6 Å². The summed E-state index contributed by atoms with van der Waals surface area (Å²) < 4.78 is 18.2. The summed E-state index contributed by atoms with van der Waals surface area (Å²) in [6, 6.07) is 4.64. The van der Waals surface area contributed by atoms with E-state index < -0.39 is 0 Å². The molecule has 1 atom stereocenters. The molecule has 0 bridgehead atoms. The number of nitrogens with two attached hydrogens (primary N) is 1. The molecule has 1 aromatic rings. The molecule has 2 rings (SSSR count). The highest BCUT2D eigenvalue weighted by molar-refractivity contribution is 6.31. The Morgan fingerprint density at radius 1 is 1.57 bits per heavy atom. The van der Waals surface area contributed by atoms with Crippen molar-refractivity contribution in [1.29, 1.82) is 0 Å². The van der Waals surface area contributed by atoms with Gasteiger partial charge in [-0.1, -0.05) is 17.7 Å². The normalized spacial score (nSPS) is 18.4. The quantitative estimate of drug-likeness (QED) is 0.626. The third-order valence-corrected chi connectivity index (χ3v) is 4.03. The molecule has 0 aliphatic heterocycles. The van der Waals surface area contributed by atoms with Gasteiger partial charge in [0.25, 0.3) is 0 Å². The third-order valence-electron chi connectivity index (χ3n) is 3.72. The molecule has 6 heteroatoms. The molecule has 1 aromatic carbocycles. The summed E-state index contributed by atoms with van der Waals surface area (Å²) in [7, 11) is 1.64. The van der Waals surface area contributed by atoms with E-state index in [1.54, 1.807) is 13.2 Å². The van der Waals surface area contributed by atoms with E-state index in [0.29, 0.717) is 24.1 Å². The maximum atomic E-state index is 13.1. The standard InChI is InChI=1S/C15H21ClFN3O/c1-10(8-21-2)20-14(18)19-9-15(5-6-15)12-4-3-11(17)7-13(12)16/h3-4,7,10H,5-6,8-9H2,1-2H3,(H3,18,19,20). The van der Waals surface area contributed by atoms with E-state index in [1.165, 1.54) is 12.1 Å². The fourth-order valence-corrected chi connectivity index (χ4v) is 2.78. The lowest BCUT2D eigenvalue weighted by Gasteiger charge is -2.17. The molecule has 3 N–H and O–H groups in total. The summed E-state index contributed by atoms with van der Waals surface area (Å²) in [5.41, 5.74) is 6.73. The van der Waals surface area contributed by atoms with Crippen LogP contribution < -0.4 is 11.1 Å². The van der Waals surface area contributed by atoms with Crippen LogP contribution in [0.5, 0.6) is 0 Å². The van der Waals surface area contributed by atoms with E-state index in [1.807, 2.05) is 6.92 Å². The minimum absolute atomic E-state index is 0.0957. The molecular formula is C15H21ClFN3O. The summed E-state index contributed by atoms with van der Waals surface area (Å²) in [6.07, 6.45) is 1.98. The van der Waals surface area contributed by atoms with Crippen LogP contribution in [0.4, 0.5) is 4.39 Å². The molecule has 1 aliphatic carbocycles.